The van der Waals surface area contributed by atoms with E-state index in [-0.39, 0.29) is 12.2 Å². The van der Waals surface area contributed by atoms with Crippen LogP contribution in [0.5, 0.6) is 0 Å². The van der Waals surface area contributed by atoms with Gasteiger partial charge < -0.3 is 0 Å². The van der Waals surface area contributed by atoms with Crippen LogP contribution in [0.1, 0.15) is 29.0 Å². The maximum absolute atomic E-state index is 11.2. The number of nitriles is 1. The summed E-state index contributed by atoms with van der Waals surface area (Å²) in [6, 6.07) is 7.68. The molecule has 3 heteroatoms. The van der Waals surface area contributed by atoms with E-state index in [9.17, 15) is 4.79 Å². The Kier molecular flexibility index (Phi) is 3.88. The molecule has 0 saturated heterocycles. The van der Waals surface area contributed by atoms with Gasteiger partial charge >= 0.3 is 0 Å². The first kappa shape index (κ1) is 11.7. The van der Waals surface area contributed by atoms with Gasteiger partial charge in [-0.3, -0.25) is 4.79 Å². The zero-order valence-electron chi connectivity index (χ0n) is 8.75. The van der Waals surface area contributed by atoms with Crippen LogP contribution in [0.2, 0.25) is 0 Å². The van der Waals surface area contributed by atoms with Crippen molar-refractivity contribution in [2.24, 2.45) is 0 Å². The van der Waals surface area contributed by atoms with Crippen molar-refractivity contribution in [1.82, 2.24) is 0 Å². The van der Waals surface area contributed by atoms with Crippen molar-refractivity contribution in [2.75, 3.05) is 0 Å². The molecule has 0 heterocycles. The highest BCUT2D eigenvalue weighted by Gasteiger charge is 2.18. The number of hydrogen-bond donors (Lipinski definition) is 0. The minimum Gasteiger partial charge on any atom is -0.298 e. The molecule has 78 valence electrons. The van der Waals surface area contributed by atoms with Gasteiger partial charge in [0.25, 0.3) is 0 Å². The highest BCUT2D eigenvalue weighted by atomic mass is 35.5. The molecule has 0 saturated carbocycles. The van der Waals surface area contributed by atoms with E-state index in [2.05, 4.69) is 6.07 Å². The summed E-state index contributed by atoms with van der Waals surface area (Å²) in [7, 11) is 0. The summed E-state index contributed by atoms with van der Waals surface area (Å²) in [5.74, 6) is -0.0924. The Morgan fingerprint density at radius 2 is 2.27 bits per heavy atom. The standard InChI is InChI=1S/C12H12ClNO/c1-8-4-3-5-10(6-7-14)11(8)12(13)9(2)15/h3-5,12H,6H2,1-2H3. The van der Waals surface area contributed by atoms with E-state index < -0.39 is 5.38 Å². The van der Waals surface area contributed by atoms with Gasteiger partial charge in [0.2, 0.25) is 0 Å². The quantitative estimate of drug-likeness (QED) is 0.737. The molecule has 1 unspecified atom stereocenters. The second-order valence-electron chi connectivity index (χ2n) is 3.46. The molecule has 0 aliphatic rings. The number of alkyl halides is 1. The molecule has 0 radical (unpaired) electrons. The number of Topliss-reactive ketones (excluding diaryl/α,β-unsaturated/α-hetero) is 1. The predicted molar refractivity (Wildman–Crippen MR) is 59.8 cm³/mol. The molecule has 0 amide bonds. The van der Waals surface area contributed by atoms with Crippen LogP contribution in [-0.4, -0.2) is 5.78 Å². The first-order valence-corrected chi connectivity index (χ1v) is 5.11. The summed E-state index contributed by atoms with van der Waals surface area (Å²) < 4.78 is 0. The van der Waals surface area contributed by atoms with E-state index in [1.165, 1.54) is 6.92 Å². The Bertz CT molecular complexity index is 420. The predicted octanol–water partition coefficient (Wildman–Crippen LogP) is 2.93. The lowest BCUT2D eigenvalue weighted by Gasteiger charge is -2.13. The van der Waals surface area contributed by atoms with Crippen LogP contribution < -0.4 is 0 Å². The molecule has 0 N–H and O–H groups in total. The molecule has 0 fully saturated rings. The number of halogens is 1. The van der Waals surface area contributed by atoms with E-state index in [4.69, 9.17) is 16.9 Å². The topological polar surface area (TPSA) is 40.9 Å². The van der Waals surface area contributed by atoms with E-state index >= 15 is 0 Å². The van der Waals surface area contributed by atoms with Gasteiger partial charge in [-0.15, -0.1) is 11.6 Å². The van der Waals surface area contributed by atoms with Gasteiger partial charge in [0.15, 0.2) is 5.78 Å². The van der Waals surface area contributed by atoms with Crippen LogP contribution in [0.4, 0.5) is 0 Å². The Morgan fingerprint density at radius 3 is 2.80 bits per heavy atom. The second kappa shape index (κ2) is 4.95. The van der Waals surface area contributed by atoms with Crippen molar-refractivity contribution >= 4 is 17.4 Å². The number of nitrogens with zero attached hydrogens (tertiary/aromatic N) is 1. The molecular weight excluding hydrogens is 210 g/mol. The third-order valence-corrected chi connectivity index (χ3v) is 2.82. The highest BCUT2D eigenvalue weighted by Crippen LogP contribution is 2.28. The van der Waals surface area contributed by atoms with Crippen LogP contribution in [0.3, 0.4) is 0 Å². The zero-order chi connectivity index (χ0) is 11.4. The SMILES string of the molecule is CC(=O)C(Cl)c1c(C)cccc1CC#N. The molecule has 15 heavy (non-hydrogen) atoms. The summed E-state index contributed by atoms with van der Waals surface area (Å²) in [4.78, 5) is 11.2. The van der Waals surface area contributed by atoms with Gasteiger partial charge in [0.1, 0.15) is 5.38 Å². The Hall–Kier alpha value is -1.33. The van der Waals surface area contributed by atoms with Gasteiger partial charge in [0.05, 0.1) is 12.5 Å². The maximum Gasteiger partial charge on any atom is 0.152 e. The monoisotopic (exact) mass is 221 g/mol. The molecule has 0 bridgehead atoms. The van der Waals surface area contributed by atoms with E-state index in [1.54, 1.807) is 0 Å². The smallest absolute Gasteiger partial charge is 0.152 e. The number of carbonyl (C=O) groups excluding carboxylic acids is 1. The Labute approximate surface area is 94.5 Å². The number of hydrogen-bond acceptors (Lipinski definition) is 2. The Balaban J connectivity index is 3.25. The second-order valence-corrected chi connectivity index (χ2v) is 3.89. The third kappa shape index (κ3) is 2.57. The van der Waals surface area contributed by atoms with Crippen LogP contribution in [0, 0.1) is 18.3 Å². The van der Waals surface area contributed by atoms with E-state index in [0.717, 1.165) is 16.7 Å². The molecule has 1 aromatic carbocycles. The first-order chi connectivity index (χ1) is 7.07. The maximum atomic E-state index is 11.2. The fraction of sp³-hybridized carbons (Fsp3) is 0.333. The van der Waals surface area contributed by atoms with Crippen LogP contribution >= 0.6 is 11.6 Å². The summed E-state index contributed by atoms with van der Waals surface area (Å²) in [5.41, 5.74) is 2.58. The third-order valence-electron chi connectivity index (χ3n) is 2.29. The van der Waals surface area contributed by atoms with Crippen LogP contribution in [-0.2, 0) is 11.2 Å². The van der Waals surface area contributed by atoms with Gasteiger partial charge in [-0.25, -0.2) is 0 Å². The minimum absolute atomic E-state index is 0.0924. The normalized spacial score (nSPS) is 11.9. The van der Waals surface area contributed by atoms with Crippen molar-refractivity contribution < 1.29 is 4.79 Å². The average molecular weight is 222 g/mol. The summed E-state index contributed by atoms with van der Waals surface area (Å²) in [5, 5.41) is 8.03. The van der Waals surface area contributed by atoms with Crippen molar-refractivity contribution in [3.8, 4) is 6.07 Å². The molecule has 0 aliphatic carbocycles. The van der Waals surface area contributed by atoms with Crippen molar-refractivity contribution in [3.63, 3.8) is 0 Å². The minimum atomic E-state index is -0.644. The fourth-order valence-electron chi connectivity index (χ4n) is 1.55. The fourth-order valence-corrected chi connectivity index (χ4v) is 1.86. The number of benzene rings is 1. The number of aryl methyl sites for hydroxylation is 1. The Morgan fingerprint density at radius 1 is 1.60 bits per heavy atom. The average Bonchev–Trinajstić information content (AvgIpc) is 2.17. The summed E-state index contributed by atoms with van der Waals surface area (Å²) >= 11 is 6.03. The summed E-state index contributed by atoms with van der Waals surface area (Å²) in [6.45, 7) is 3.36. The lowest BCUT2D eigenvalue weighted by atomic mass is 9.95. The van der Waals surface area contributed by atoms with Crippen molar-refractivity contribution in [3.05, 3.63) is 34.9 Å². The first-order valence-electron chi connectivity index (χ1n) is 4.67. The van der Waals surface area contributed by atoms with Gasteiger partial charge in [0, 0.05) is 0 Å². The molecular formula is C12H12ClNO. The molecule has 2 nitrogen and oxygen atoms in total. The molecule has 0 spiro atoms. The summed E-state index contributed by atoms with van der Waals surface area (Å²) in [6.07, 6.45) is 0.285. The molecule has 0 aliphatic heterocycles. The molecule has 0 aromatic heterocycles. The molecule has 1 rings (SSSR count). The number of carbonyl (C=O) groups is 1. The number of rotatable bonds is 3. The molecule has 1 aromatic rings. The van der Waals surface area contributed by atoms with Crippen LogP contribution in [0.15, 0.2) is 18.2 Å². The van der Waals surface area contributed by atoms with Crippen LogP contribution in [0.25, 0.3) is 0 Å². The zero-order valence-corrected chi connectivity index (χ0v) is 9.51. The highest BCUT2D eigenvalue weighted by molar-refractivity contribution is 6.31. The number of ketones is 1. The molecule has 1 atom stereocenters. The van der Waals surface area contributed by atoms with Crippen molar-refractivity contribution in [1.29, 1.82) is 5.26 Å². The lowest BCUT2D eigenvalue weighted by molar-refractivity contribution is -0.116. The van der Waals surface area contributed by atoms with Gasteiger partial charge in [-0.1, -0.05) is 18.2 Å². The van der Waals surface area contributed by atoms with E-state index in [0.29, 0.717) is 0 Å². The van der Waals surface area contributed by atoms with Crippen molar-refractivity contribution in [2.45, 2.75) is 25.6 Å². The largest absolute Gasteiger partial charge is 0.298 e. The lowest BCUT2D eigenvalue weighted by Crippen LogP contribution is -2.07. The van der Waals surface area contributed by atoms with E-state index in [1.807, 2.05) is 25.1 Å². The van der Waals surface area contributed by atoms with Gasteiger partial charge in [-0.05, 0) is 30.5 Å². The van der Waals surface area contributed by atoms with Gasteiger partial charge in [-0.2, -0.15) is 5.26 Å².